The second-order valence-corrected chi connectivity index (χ2v) is 11.6. The summed E-state index contributed by atoms with van der Waals surface area (Å²) in [5, 5.41) is 9.57. The molecule has 0 unspecified atom stereocenters. The highest BCUT2D eigenvalue weighted by Crippen LogP contribution is 2.64. The Balaban J connectivity index is 1.47. The minimum atomic E-state index is -0.944. The monoisotopic (exact) mass is 440 g/mol. The second kappa shape index (κ2) is 7.30. The number of methoxy groups -OCH3 is 1. The number of ether oxygens (including phenoxy) is 1. The molecule has 0 spiro atoms. The largest absolute Gasteiger partial charge is 0.493 e. The average molecular weight is 441 g/mol. The van der Waals surface area contributed by atoms with Gasteiger partial charge in [-0.25, -0.2) is 4.39 Å². The van der Waals surface area contributed by atoms with E-state index in [1.54, 1.807) is 0 Å². The molecule has 4 bridgehead atoms. The summed E-state index contributed by atoms with van der Waals surface area (Å²) in [5.41, 5.74) is 2.24. The first-order valence-electron chi connectivity index (χ1n) is 12.6. The van der Waals surface area contributed by atoms with Crippen LogP contribution in [0.4, 0.5) is 4.39 Å². The molecule has 6 aliphatic rings. The maximum absolute atomic E-state index is 16.0. The number of halogens is 1. The number of hydrogen-bond donors (Lipinski definition) is 1. The third kappa shape index (κ3) is 3.06. The predicted octanol–water partition coefficient (Wildman–Crippen LogP) is 5.86. The highest BCUT2D eigenvalue weighted by atomic mass is 19.1. The first-order chi connectivity index (χ1) is 15.4. The van der Waals surface area contributed by atoms with Crippen molar-refractivity contribution < 1.29 is 23.8 Å². The van der Waals surface area contributed by atoms with Crippen molar-refractivity contribution in [2.45, 2.75) is 82.0 Å². The van der Waals surface area contributed by atoms with Gasteiger partial charge in [-0.3, -0.25) is 9.59 Å². The van der Waals surface area contributed by atoms with Crippen LogP contribution in [-0.4, -0.2) is 24.0 Å². The standard InChI is InChI=1S/C27H33FO4/c1-32-25-22(27-11-14-7-15(12-27)9-16(8-14)13-27)20(17-5-6-17)10-21(23(25)28)24(29)18-3-2-4-19(18)26(30)31/h10,14-19H,2-9,11-13H2,1H3,(H,30,31)/t14?,15?,16?,18-,19-,27?/m0/s1. The summed E-state index contributed by atoms with van der Waals surface area (Å²) in [6, 6.07) is 1.82. The van der Waals surface area contributed by atoms with Gasteiger partial charge < -0.3 is 9.84 Å². The molecule has 4 nitrogen and oxygen atoms in total. The van der Waals surface area contributed by atoms with Crippen molar-refractivity contribution in [2.24, 2.45) is 29.6 Å². The Hall–Kier alpha value is -1.91. The van der Waals surface area contributed by atoms with Crippen LogP contribution in [0.1, 0.15) is 98.0 Å². The molecule has 6 saturated carbocycles. The second-order valence-electron chi connectivity index (χ2n) is 11.6. The van der Waals surface area contributed by atoms with Gasteiger partial charge in [-0.2, -0.15) is 0 Å². The van der Waals surface area contributed by atoms with E-state index in [0.717, 1.165) is 61.0 Å². The first kappa shape index (κ1) is 20.7. The summed E-state index contributed by atoms with van der Waals surface area (Å²) in [6.07, 6.45) is 11.2. The van der Waals surface area contributed by atoms with Crippen LogP contribution in [0.15, 0.2) is 6.07 Å². The summed E-state index contributed by atoms with van der Waals surface area (Å²) in [4.78, 5) is 25.1. The summed E-state index contributed by atoms with van der Waals surface area (Å²) >= 11 is 0. The number of carbonyl (C=O) groups is 2. The first-order valence-corrected chi connectivity index (χ1v) is 12.6. The molecular weight excluding hydrogens is 407 g/mol. The quantitative estimate of drug-likeness (QED) is 0.563. The number of carboxylic acid groups (broad SMARTS) is 1. The SMILES string of the molecule is COc1c(F)c(C(=O)[C@H]2CCC[C@@H]2C(=O)O)cc(C2CC2)c1C12CC3CC(CC(C3)C1)C2. The molecule has 1 N–H and O–H groups in total. The molecule has 32 heavy (non-hydrogen) atoms. The van der Waals surface area contributed by atoms with Gasteiger partial charge in [-0.05, 0) is 99.5 Å². The third-order valence-electron chi connectivity index (χ3n) is 9.48. The van der Waals surface area contributed by atoms with Crippen LogP contribution in [-0.2, 0) is 10.2 Å². The molecule has 1 aromatic carbocycles. The van der Waals surface area contributed by atoms with E-state index in [0.29, 0.717) is 25.2 Å². The van der Waals surface area contributed by atoms with Crippen molar-refractivity contribution in [2.75, 3.05) is 7.11 Å². The maximum Gasteiger partial charge on any atom is 0.307 e. The molecule has 2 atom stereocenters. The van der Waals surface area contributed by atoms with E-state index in [1.165, 1.54) is 26.4 Å². The third-order valence-corrected chi connectivity index (χ3v) is 9.48. The number of benzene rings is 1. The number of aliphatic carboxylic acids is 1. The molecule has 0 saturated heterocycles. The Morgan fingerprint density at radius 3 is 2.12 bits per heavy atom. The number of rotatable bonds is 6. The van der Waals surface area contributed by atoms with Crippen molar-refractivity contribution in [3.05, 3.63) is 28.6 Å². The van der Waals surface area contributed by atoms with E-state index in [4.69, 9.17) is 4.74 Å². The van der Waals surface area contributed by atoms with Crippen LogP contribution in [0.25, 0.3) is 0 Å². The molecule has 0 amide bonds. The topological polar surface area (TPSA) is 63.6 Å². The minimum Gasteiger partial charge on any atom is -0.493 e. The van der Waals surface area contributed by atoms with E-state index < -0.39 is 23.6 Å². The fourth-order valence-corrected chi connectivity index (χ4v) is 8.47. The lowest BCUT2D eigenvalue weighted by molar-refractivity contribution is -0.142. The maximum atomic E-state index is 16.0. The average Bonchev–Trinajstić information content (AvgIpc) is 3.47. The van der Waals surface area contributed by atoms with Crippen molar-refractivity contribution in [3.63, 3.8) is 0 Å². The van der Waals surface area contributed by atoms with Crippen LogP contribution >= 0.6 is 0 Å². The van der Waals surface area contributed by atoms with Crippen molar-refractivity contribution >= 4 is 11.8 Å². The van der Waals surface area contributed by atoms with Gasteiger partial charge in [0.05, 0.1) is 18.6 Å². The van der Waals surface area contributed by atoms with E-state index in [2.05, 4.69) is 0 Å². The Morgan fingerprint density at radius 2 is 1.59 bits per heavy atom. The Kier molecular flexibility index (Phi) is 4.71. The van der Waals surface area contributed by atoms with Gasteiger partial charge in [-0.15, -0.1) is 0 Å². The summed E-state index contributed by atoms with van der Waals surface area (Å²) in [7, 11) is 1.53. The van der Waals surface area contributed by atoms with Crippen LogP contribution in [0.3, 0.4) is 0 Å². The zero-order valence-corrected chi connectivity index (χ0v) is 18.9. The van der Waals surface area contributed by atoms with Gasteiger partial charge in [0.1, 0.15) is 0 Å². The van der Waals surface area contributed by atoms with Crippen molar-refractivity contribution in [1.29, 1.82) is 0 Å². The zero-order chi connectivity index (χ0) is 22.2. The molecule has 7 rings (SSSR count). The molecule has 5 heteroatoms. The van der Waals surface area contributed by atoms with E-state index >= 15 is 4.39 Å². The zero-order valence-electron chi connectivity index (χ0n) is 18.9. The molecular formula is C27H33FO4. The van der Waals surface area contributed by atoms with E-state index in [1.807, 2.05) is 6.07 Å². The van der Waals surface area contributed by atoms with Crippen LogP contribution < -0.4 is 4.74 Å². The van der Waals surface area contributed by atoms with E-state index in [-0.39, 0.29) is 22.5 Å². The van der Waals surface area contributed by atoms with Gasteiger partial charge in [0.2, 0.25) is 0 Å². The summed E-state index contributed by atoms with van der Waals surface area (Å²) in [5.74, 6) is -0.326. The van der Waals surface area contributed by atoms with Crippen LogP contribution in [0.5, 0.6) is 5.75 Å². The van der Waals surface area contributed by atoms with Gasteiger partial charge in [0, 0.05) is 16.9 Å². The molecule has 6 fully saturated rings. The van der Waals surface area contributed by atoms with Crippen LogP contribution in [0, 0.1) is 35.4 Å². The lowest BCUT2D eigenvalue weighted by atomic mass is 9.47. The summed E-state index contributed by atoms with van der Waals surface area (Å²) < 4.78 is 21.8. The normalized spacial score (nSPS) is 37.6. The minimum absolute atomic E-state index is 0.0165. The fourth-order valence-electron chi connectivity index (χ4n) is 8.47. The van der Waals surface area contributed by atoms with Gasteiger partial charge in [0.15, 0.2) is 17.3 Å². The van der Waals surface area contributed by atoms with Gasteiger partial charge in [0.25, 0.3) is 0 Å². The number of carbonyl (C=O) groups excluding carboxylic acids is 1. The Bertz CT molecular complexity index is 943. The molecule has 0 aromatic heterocycles. The Morgan fingerprint density at radius 1 is 1.00 bits per heavy atom. The smallest absolute Gasteiger partial charge is 0.307 e. The molecule has 0 aliphatic heterocycles. The molecule has 172 valence electrons. The van der Waals surface area contributed by atoms with Gasteiger partial charge in [-0.1, -0.05) is 6.42 Å². The molecule has 6 aliphatic carbocycles. The molecule has 0 heterocycles. The number of carboxylic acids is 1. The molecule has 1 aromatic rings. The highest BCUT2D eigenvalue weighted by molar-refractivity contribution is 6.01. The molecule has 0 radical (unpaired) electrons. The van der Waals surface area contributed by atoms with Crippen molar-refractivity contribution in [1.82, 2.24) is 0 Å². The van der Waals surface area contributed by atoms with Gasteiger partial charge >= 0.3 is 5.97 Å². The highest BCUT2D eigenvalue weighted by Gasteiger charge is 2.54. The number of hydrogen-bond acceptors (Lipinski definition) is 3. The fraction of sp³-hybridized carbons (Fsp3) is 0.704. The number of Topliss-reactive ketones (excluding diaryl/α,β-unsaturated/α-hetero) is 1. The van der Waals surface area contributed by atoms with E-state index in [9.17, 15) is 14.7 Å². The van der Waals surface area contributed by atoms with Crippen LogP contribution in [0.2, 0.25) is 0 Å². The number of ketones is 1. The summed E-state index contributed by atoms with van der Waals surface area (Å²) in [6.45, 7) is 0. The van der Waals surface area contributed by atoms with Crippen molar-refractivity contribution in [3.8, 4) is 5.75 Å². The predicted molar refractivity (Wildman–Crippen MR) is 118 cm³/mol. The lowest BCUT2D eigenvalue weighted by Gasteiger charge is -2.57. The lowest BCUT2D eigenvalue weighted by Crippen LogP contribution is -2.49. The Labute approximate surface area is 188 Å².